The zero-order valence-corrected chi connectivity index (χ0v) is 18.2. The lowest BCUT2D eigenvalue weighted by molar-refractivity contribution is -0.122. The minimum atomic E-state index is -0.0903. The van der Waals surface area contributed by atoms with Gasteiger partial charge in [-0.1, -0.05) is 41.9 Å². The largest absolute Gasteiger partial charge is 0.492 e. The van der Waals surface area contributed by atoms with Crippen LogP contribution in [-0.2, 0) is 11.3 Å². The van der Waals surface area contributed by atoms with Crippen LogP contribution < -0.4 is 10.1 Å². The van der Waals surface area contributed by atoms with Gasteiger partial charge in [-0.2, -0.15) is 0 Å². The molecule has 1 aliphatic rings. The zero-order chi connectivity index (χ0) is 21.1. The number of benzene rings is 2. The van der Waals surface area contributed by atoms with Crippen molar-refractivity contribution in [2.24, 2.45) is 0 Å². The number of nitrogens with one attached hydrogen (secondary N) is 1. The Bertz CT molecular complexity index is 1140. The average Bonchev–Trinajstić information content (AvgIpc) is 3.23. The van der Waals surface area contributed by atoms with E-state index in [1.807, 2.05) is 49.4 Å². The molecule has 0 unspecified atom stereocenters. The summed E-state index contributed by atoms with van der Waals surface area (Å²) in [6.07, 6.45) is 4.77. The zero-order valence-electron chi connectivity index (χ0n) is 16.6. The van der Waals surface area contributed by atoms with Crippen LogP contribution in [0.2, 0.25) is 5.02 Å². The van der Waals surface area contributed by atoms with E-state index in [1.165, 1.54) is 0 Å². The van der Waals surface area contributed by atoms with E-state index in [-0.39, 0.29) is 5.91 Å². The Morgan fingerprint density at radius 3 is 2.70 bits per heavy atom. The molecule has 154 valence electrons. The molecule has 1 amide bonds. The lowest BCUT2D eigenvalue weighted by atomic mass is 10.1. The normalized spacial score (nSPS) is 15.3. The number of aromatic nitrogens is 1. The van der Waals surface area contributed by atoms with Gasteiger partial charge in [-0.25, -0.2) is 0 Å². The summed E-state index contributed by atoms with van der Waals surface area (Å²) in [6, 6.07) is 15.6. The SMILES string of the molecule is CCN1C(=O)/C(=C\c2cn(CCCOc3ccccc3Cl)c3ccccc23)NC1=S. The van der Waals surface area contributed by atoms with Gasteiger partial charge in [0.2, 0.25) is 0 Å². The predicted octanol–water partition coefficient (Wildman–Crippen LogP) is 4.84. The number of aryl methyl sites for hydroxylation is 1. The summed E-state index contributed by atoms with van der Waals surface area (Å²) in [5, 5.41) is 5.19. The van der Waals surface area contributed by atoms with Gasteiger partial charge in [0.15, 0.2) is 5.11 Å². The van der Waals surface area contributed by atoms with Crippen LogP contribution in [0.15, 0.2) is 60.4 Å². The molecule has 3 aromatic rings. The van der Waals surface area contributed by atoms with Gasteiger partial charge in [0.25, 0.3) is 5.91 Å². The van der Waals surface area contributed by atoms with E-state index >= 15 is 0 Å². The van der Waals surface area contributed by atoms with E-state index in [1.54, 1.807) is 4.90 Å². The molecule has 0 bridgehead atoms. The molecule has 0 radical (unpaired) electrons. The molecule has 1 aromatic heterocycles. The maximum Gasteiger partial charge on any atom is 0.276 e. The van der Waals surface area contributed by atoms with Gasteiger partial charge in [-0.3, -0.25) is 9.69 Å². The van der Waals surface area contributed by atoms with Gasteiger partial charge in [-0.15, -0.1) is 0 Å². The fourth-order valence-corrected chi connectivity index (χ4v) is 4.08. The minimum absolute atomic E-state index is 0.0903. The number of thiocarbonyl (C=S) groups is 1. The van der Waals surface area contributed by atoms with Crippen LogP contribution in [0, 0.1) is 0 Å². The van der Waals surface area contributed by atoms with Crippen molar-refractivity contribution in [2.75, 3.05) is 13.2 Å². The Hall–Kier alpha value is -2.83. The molecule has 4 rings (SSSR count). The summed E-state index contributed by atoms with van der Waals surface area (Å²) in [6.45, 7) is 3.81. The van der Waals surface area contributed by atoms with Gasteiger partial charge >= 0.3 is 0 Å². The average molecular weight is 440 g/mol. The third-order valence-corrected chi connectivity index (χ3v) is 5.67. The second kappa shape index (κ2) is 8.90. The standard InChI is InChI=1S/C23H22ClN3O2S/c1-2-27-22(28)19(25-23(27)30)14-16-15-26(20-10-5-3-8-17(16)20)12-7-13-29-21-11-6-4-9-18(21)24/h3-6,8-11,14-15H,2,7,12-13H2,1H3,(H,25,30)/b19-14+. The van der Waals surface area contributed by atoms with Crippen LogP contribution >= 0.6 is 23.8 Å². The number of ether oxygens (including phenoxy) is 1. The molecule has 1 saturated heterocycles. The first-order chi connectivity index (χ1) is 14.6. The second-order valence-electron chi connectivity index (χ2n) is 6.96. The molecule has 1 aliphatic heterocycles. The molecule has 2 heterocycles. The van der Waals surface area contributed by atoms with Crippen LogP contribution in [0.4, 0.5) is 0 Å². The maximum absolute atomic E-state index is 12.5. The predicted molar refractivity (Wildman–Crippen MR) is 125 cm³/mol. The van der Waals surface area contributed by atoms with Gasteiger partial charge in [0, 0.05) is 35.8 Å². The van der Waals surface area contributed by atoms with Gasteiger partial charge in [0.1, 0.15) is 11.4 Å². The Labute approximate surface area is 185 Å². The van der Waals surface area contributed by atoms with Crippen molar-refractivity contribution in [3.8, 4) is 5.75 Å². The van der Waals surface area contributed by atoms with E-state index in [2.05, 4.69) is 28.2 Å². The van der Waals surface area contributed by atoms with Crippen LogP contribution in [0.1, 0.15) is 18.9 Å². The molecule has 30 heavy (non-hydrogen) atoms. The summed E-state index contributed by atoms with van der Waals surface area (Å²) in [5.74, 6) is 0.608. The highest BCUT2D eigenvalue weighted by Gasteiger charge is 2.29. The maximum atomic E-state index is 12.5. The molecular formula is C23H22ClN3O2S. The minimum Gasteiger partial charge on any atom is -0.492 e. The Balaban J connectivity index is 1.51. The van der Waals surface area contributed by atoms with Gasteiger partial charge in [-0.05, 0) is 49.8 Å². The highest BCUT2D eigenvalue weighted by molar-refractivity contribution is 7.80. The molecule has 1 N–H and O–H groups in total. The number of carbonyl (C=O) groups excluding carboxylic acids is 1. The molecule has 0 atom stereocenters. The van der Waals surface area contributed by atoms with Crippen molar-refractivity contribution in [3.63, 3.8) is 0 Å². The van der Waals surface area contributed by atoms with Gasteiger partial charge < -0.3 is 14.6 Å². The summed E-state index contributed by atoms with van der Waals surface area (Å²) in [5.41, 5.74) is 2.60. The third-order valence-electron chi connectivity index (χ3n) is 5.04. The number of halogens is 1. The van der Waals surface area contributed by atoms with E-state index < -0.39 is 0 Å². The third kappa shape index (κ3) is 4.06. The lowest BCUT2D eigenvalue weighted by Gasteiger charge is -2.09. The fourth-order valence-electron chi connectivity index (χ4n) is 3.57. The molecule has 2 aromatic carbocycles. The van der Waals surface area contributed by atoms with Crippen molar-refractivity contribution < 1.29 is 9.53 Å². The van der Waals surface area contributed by atoms with Crippen molar-refractivity contribution in [1.29, 1.82) is 0 Å². The van der Waals surface area contributed by atoms with Crippen LogP contribution in [0.5, 0.6) is 5.75 Å². The second-order valence-corrected chi connectivity index (χ2v) is 7.76. The highest BCUT2D eigenvalue weighted by atomic mass is 35.5. The number of nitrogens with zero attached hydrogens (tertiary/aromatic N) is 2. The van der Waals surface area contributed by atoms with Crippen LogP contribution in [0.3, 0.4) is 0 Å². The van der Waals surface area contributed by atoms with E-state index in [0.717, 1.165) is 29.4 Å². The monoisotopic (exact) mass is 439 g/mol. The summed E-state index contributed by atoms with van der Waals surface area (Å²) < 4.78 is 7.99. The number of para-hydroxylation sites is 2. The first-order valence-electron chi connectivity index (χ1n) is 9.88. The number of rotatable bonds is 7. The first kappa shape index (κ1) is 20.4. The number of amides is 1. The lowest BCUT2D eigenvalue weighted by Crippen LogP contribution is -2.30. The fraction of sp³-hybridized carbons (Fsp3) is 0.217. The van der Waals surface area contributed by atoms with Crippen LogP contribution in [-0.4, -0.2) is 33.6 Å². The molecular weight excluding hydrogens is 418 g/mol. The number of likely N-dealkylation sites (N-methyl/N-ethyl adjacent to an activating group) is 1. The highest BCUT2D eigenvalue weighted by Crippen LogP contribution is 2.26. The Morgan fingerprint density at radius 2 is 1.93 bits per heavy atom. The summed E-state index contributed by atoms with van der Waals surface area (Å²) in [7, 11) is 0. The molecule has 1 fully saturated rings. The van der Waals surface area contributed by atoms with E-state index in [9.17, 15) is 4.79 Å². The van der Waals surface area contributed by atoms with E-state index in [4.69, 9.17) is 28.6 Å². The molecule has 0 spiro atoms. The summed E-state index contributed by atoms with van der Waals surface area (Å²) in [4.78, 5) is 14.1. The van der Waals surface area contributed by atoms with Crippen molar-refractivity contribution in [3.05, 3.63) is 71.0 Å². The first-order valence-corrected chi connectivity index (χ1v) is 10.7. The topological polar surface area (TPSA) is 46.5 Å². The number of fused-ring (bicyclic) bond motifs is 1. The Morgan fingerprint density at radius 1 is 1.17 bits per heavy atom. The quantitative estimate of drug-likeness (QED) is 0.325. The Kier molecular flexibility index (Phi) is 6.06. The van der Waals surface area contributed by atoms with Gasteiger partial charge in [0.05, 0.1) is 11.6 Å². The smallest absolute Gasteiger partial charge is 0.276 e. The molecule has 7 heteroatoms. The van der Waals surface area contributed by atoms with Crippen molar-refractivity contribution >= 4 is 51.8 Å². The van der Waals surface area contributed by atoms with Crippen molar-refractivity contribution in [1.82, 2.24) is 14.8 Å². The number of carbonyl (C=O) groups is 1. The summed E-state index contributed by atoms with van der Waals surface area (Å²) >= 11 is 11.4. The van der Waals surface area contributed by atoms with E-state index in [0.29, 0.717) is 34.7 Å². The van der Waals surface area contributed by atoms with Crippen molar-refractivity contribution in [2.45, 2.75) is 19.9 Å². The molecule has 0 saturated carbocycles. The number of hydrogen-bond acceptors (Lipinski definition) is 3. The van der Waals surface area contributed by atoms with Crippen LogP contribution in [0.25, 0.3) is 17.0 Å². The number of hydrogen-bond donors (Lipinski definition) is 1. The molecule has 5 nitrogen and oxygen atoms in total. The molecule has 0 aliphatic carbocycles.